The molecule has 4 aromatic rings. The van der Waals surface area contributed by atoms with Crippen molar-refractivity contribution in [2.75, 3.05) is 79.7 Å². The van der Waals surface area contributed by atoms with E-state index in [9.17, 15) is 38.2 Å². The molecule has 0 radical (unpaired) electrons. The minimum Gasteiger partial charge on any atom is -0.396 e. The summed E-state index contributed by atoms with van der Waals surface area (Å²) in [5.74, 6) is -1.57. The third kappa shape index (κ3) is 9.14. The molecule has 0 aliphatic carbocycles. The van der Waals surface area contributed by atoms with Crippen LogP contribution in [-0.2, 0) is 35.8 Å². The maximum atomic E-state index is 14.7. The van der Waals surface area contributed by atoms with E-state index < -0.39 is 12.1 Å². The number of nitrogens with zero attached hydrogens (tertiary/aromatic N) is 8. The summed E-state index contributed by atoms with van der Waals surface area (Å²) in [6, 6.07) is 19.1. The zero-order valence-electron chi connectivity index (χ0n) is 40.6. The van der Waals surface area contributed by atoms with Crippen LogP contribution in [-0.4, -0.2) is 152 Å². The second kappa shape index (κ2) is 21.0. The van der Waals surface area contributed by atoms with Gasteiger partial charge in [-0.15, -0.1) is 0 Å². The van der Waals surface area contributed by atoms with Crippen LogP contribution in [0.5, 0.6) is 0 Å². The number of aliphatic hydroxyl groups excluding tert-OH is 2. The minimum atomic E-state index is -0.572. The van der Waals surface area contributed by atoms with E-state index in [2.05, 4.69) is 9.80 Å². The zero-order chi connectivity index (χ0) is 49.4. The molecule has 2 amide bonds. The number of halogens is 2. The van der Waals surface area contributed by atoms with Gasteiger partial charge in [-0.2, -0.15) is 0 Å². The van der Waals surface area contributed by atoms with Gasteiger partial charge < -0.3 is 38.9 Å². The molecule has 70 heavy (non-hydrogen) atoms. The topological polar surface area (TPSA) is 138 Å². The molecule has 0 unspecified atom stereocenters. The first kappa shape index (κ1) is 49.4. The predicted octanol–water partition coefficient (Wildman–Crippen LogP) is 3.92. The number of carbonyl (C=O) groups is 2. The van der Waals surface area contributed by atoms with E-state index >= 15 is 0 Å². The summed E-state index contributed by atoms with van der Waals surface area (Å²) in [6.45, 7) is 10.5. The Morgan fingerprint density at radius 3 is 1.29 bits per heavy atom. The van der Waals surface area contributed by atoms with Crippen LogP contribution >= 0.6 is 0 Å². The van der Waals surface area contributed by atoms with Crippen molar-refractivity contribution in [2.24, 2.45) is 23.7 Å². The van der Waals surface area contributed by atoms with Crippen LogP contribution in [0, 0.1) is 35.3 Å². The highest BCUT2D eigenvalue weighted by molar-refractivity contribution is 5.84. The number of aliphatic hydroxyl groups is 2. The monoisotopic (exact) mass is 961 g/mol. The number of piperazine rings is 2. The van der Waals surface area contributed by atoms with Crippen LogP contribution in [0.15, 0.2) is 94.5 Å². The Hall–Kier alpha value is -5.62. The van der Waals surface area contributed by atoms with E-state index in [0.29, 0.717) is 61.5 Å². The fourth-order valence-electron chi connectivity index (χ4n) is 12.3. The number of hydrogen-bond acceptors (Lipinski definition) is 10. The summed E-state index contributed by atoms with van der Waals surface area (Å²) in [4.78, 5) is 66.4. The molecule has 14 nitrogen and oxygen atoms in total. The Balaban J connectivity index is 0.000000174. The van der Waals surface area contributed by atoms with Crippen molar-refractivity contribution < 1.29 is 28.6 Å². The minimum absolute atomic E-state index is 0.0117. The summed E-state index contributed by atoms with van der Waals surface area (Å²) < 4.78 is 33.1. The molecule has 8 heterocycles. The Labute approximate surface area is 408 Å². The van der Waals surface area contributed by atoms with Crippen molar-refractivity contribution in [1.29, 1.82) is 0 Å². The molecule has 2 aromatic heterocycles. The lowest BCUT2D eigenvalue weighted by molar-refractivity contribution is -0.141. The second-order valence-corrected chi connectivity index (χ2v) is 19.8. The first-order valence-electron chi connectivity index (χ1n) is 24.8. The Bertz CT molecular complexity index is 2560. The lowest BCUT2D eigenvalue weighted by atomic mass is 9.88. The van der Waals surface area contributed by atoms with Gasteiger partial charge in [0.2, 0.25) is 11.8 Å². The highest BCUT2D eigenvalue weighted by Gasteiger charge is 2.58. The molecule has 10 rings (SSSR count). The van der Waals surface area contributed by atoms with E-state index in [-0.39, 0.29) is 96.6 Å². The number of fused-ring (bicyclic) bond motifs is 6. The Kier molecular flexibility index (Phi) is 14.8. The summed E-state index contributed by atoms with van der Waals surface area (Å²) in [5.41, 5.74) is 3.76. The van der Waals surface area contributed by atoms with E-state index in [4.69, 9.17) is 0 Å². The Morgan fingerprint density at radius 2 is 0.943 bits per heavy atom. The third-order valence-corrected chi connectivity index (χ3v) is 15.9. The fraction of sp³-hybridized carbons (Fsp3) is 0.481. The molecule has 0 spiro atoms. The molecule has 16 heteroatoms. The summed E-state index contributed by atoms with van der Waals surface area (Å²) in [7, 11) is 4.08. The summed E-state index contributed by atoms with van der Waals surface area (Å²) in [6.07, 6.45) is 7.27. The smallest absolute Gasteiger partial charge is 0.258 e. The number of pyridine rings is 2. The van der Waals surface area contributed by atoms with E-state index in [0.717, 1.165) is 37.6 Å². The van der Waals surface area contributed by atoms with E-state index in [1.54, 1.807) is 57.7 Å². The lowest BCUT2D eigenvalue weighted by Crippen LogP contribution is -2.55. The molecule has 372 valence electrons. The number of likely N-dealkylation sites (tertiary alicyclic amines) is 2. The van der Waals surface area contributed by atoms with Crippen LogP contribution in [0.25, 0.3) is 12.2 Å². The second-order valence-electron chi connectivity index (χ2n) is 19.8. The maximum absolute atomic E-state index is 14.7. The number of carbonyl (C=O) groups excluding carboxylic acids is 2. The first-order valence-corrected chi connectivity index (χ1v) is 24.8. The normalized spacial score (nSPS) is 26.9. The molecule has 4 saturated heterocycles. The average molecular weight is 961 g/mol. The third-order valence-electron chi connectivity index (χ3n) is 15.9. The fourth-order valence-corrected chi connectivity index (χ4v) is 12.3. The van der Waals surface area contributed by atoms with Crippen LogP contribution in [0.4, 0.5) is 8.78 Å². The van der Waals surface area contributed by atoms with Gasteiger partial charge in [0.15, 0.2) is 0 Å². The van der Waals surface area contributed by atoms with Gasteiger partial charge in [-0.3, -0.25) is 29.0 Å². The molecular formula is C54H66F2N8O6. The lowest BCUT2D eigenvalue weighted by Gasteiger charge is -2.38. The first-order chi connectivity index (χ1) is 33.9. The van der Waals surface area contributed by atoms with Crippen LogP contribution < -0.4 is 11.1 Å². The molecule has 2 aromatic carbocycles. The number of benzene rings is 2. The van der Waals surface area contributed by atoms with Gasteiger partial charge in [0.05, 0.1) is 24.2 Å². The zero-order valence-corrected chi connectivity index (χ0v) is 40.6. The standard InChI is InChI=1S/2C27H33FN4O3/c2*1-3-6-18-9-10-23-24-20(16-31(23)26(18)34)21(17-33)25(27(35)30-13-11-29(2)12-14-30)32(24)15-19-7-4-5-8-22(19)28/h2*3-10,20-21,24-25,33H,11-17H2,1-2H3/b6-3+;6-3-/t2*20-,21-,24+,25-/m00/s1. The number of rotatable bonds is 10. The highest BCUT2D eigenvalue weighted by atomic mass is 19.1. The van der Waals surface area contributed by atoms with Gasteiger partial charge in [0, 0.05) is 149 Å². The van der Waals surface area contributed by atoms with E-state index in [1.807, 2.05) is 84.0 Å². The molecule has 4 fully saturated rings. The Morgan fingerprint density at radius 1 is 0.571 bits per heavy atom. The van der Waals surface area contributed by atoms with Gasteiger partial charge in [-0.05, 0) is 64.3 Å². The average Bonchev–Trinajstić information content (AvgIpc) is 4.10. The largest absolute Gasteiger partial charge is 0.396 e. The van der Waals surface area contributed by atoms with Crippen LogP contribution in [0.3, 0.4) is 0 Å². The highest BCUT2D eigenvalue weighted by Crippen LogP contribution is 2.52. The van der Waals surface area contributed by atoms with Gasteiger partial charge in [-0.1, -0.05) is 60.7 Å². The van der Waals surface area contributed by atoms with Crippen molar-refractivity contribution in [3.05, 3.63) is 151 Å². The number of aromatic nitrogens is 2. The molecule has 2 N–H and O–H groups in total. The molecule has 0 bridgehead atoms. The SMILES string of the molecule is C/C=C/c1ccc2n(c1=O)C[C@H]1[C@H](CO)[C@@H](C(=O)N3CCN(C)CC3)N(Cc3ccccc3F)[C@@H]21.C/C=C\c1ccc2n(c1=O)C[C@H]1[C@H](CO)[C@@H](C(=O)N3CCN(C)CC3)N(Cc3ccccc3F)[C@@H]21. The van der Waals surface area contributed by atoms with Crippen molar-refractivity contribution in [3.63, 3.8) is 0 Å². The van der Waals surface area contributed by atoms with Crippen molar-refractivity contribution in [2.45, 2.75) is 64.2 Å². The van der Waals surface area contributed by atoms with Crippen LogP contribution in [0.1, 0.15) is 59.6 Å². The van der Waals surface area contributed by atoms with Gasteiger partial charge in [0.1, 0.15) is 11.6 Å². The molecule has 6 aliphatic heterocycles. The number of amides is 2. The summed E-state index contributed by atoms with van der Waals surface area (Å²) in [5, 5.41) is 21.0. The predicted molar refractivity (Wildman–Crippen MR) is 264 cm³/mol. The molecule has 6 aliphatic rings. The summed E-state index contributed by atoms with van der Waals surface area (Å²) >= 11 is 0. The number of hydrogen-bond donors (Lipinski definition) is 2. The quantitative estimate of drug-likeness (QED) is 0.241. The molecule has 8 atom stereocenters. The van der Waals surface area contributed by atoms with Crippen molar-refractivity contribution in [3.8, 4) is 0 Å². The number of allylic oxidation sites excluding steroid dienone is 2. The number of likely N-dealkylation sites (N-methyl/N-ethyl adjacent to an activating group) is 2. The van der Waals surface area contributed by atoms with Crippen molar-refractivity contribution in [1.82, 2.24) is 38.5 Å². The molecule has 0 saturated carbocycles. The van der Waals surface area contributed by atoms with Gasteiger partial charge in [0.25, 0.3) is 11.1 Å². The van der Waals surface area contributed by atoms with Gasteiger partial charge in [-0.25, -0.2) is 8.78 Å². The molecular weight excluding hydrogens is 895 g/mol. The van der Waals surface area contributed by atoms with E-state index in [1.165, 1.54) is 12.1 Å². The van der Waals surface area contributed by atoms with Crippen molar-refractivity contribution >= 4 is 24.0 Å². The van der Waals surface area contributed by atoms with Gasteiger partial charge >= 0.3 is 0 Å². The van der Waals surface area contributed by atoms with Crippen LogP contribution in [0.2, 0.25) is 0 Å². The maximum Gasteiger partial charge on any atom is 0.258 e.